The highest BCUT2D eigenvalue weighted by Crippen LogP contribution is 2.66. The molecule has 0 aromatic heterocycles. The zero-order chi connectivity index (χ0) is 7.00. The van der Waals surface area contributed by atoms with Gasteiger partial charge < -0.3 is 4.57 Å². The van der Waals surface area contributed by atoms with Crippen LogP contribution in [0.25, 0.3) is 0 Å². The zero-order valence-electron chi connectivity index (χ0n) is 3.87. The summed E-state index contributed by atoms with van der Waals surface area (Å²) in [5, 5.41) is 0. The van der Waals surface area contributed by atoms with Crippen LogP contribution in [-0.4, -0.2) is 10.2 Å². The van der Waals surface area contributed by atoms with Crippen LogP contribution in [0.4, 0.5) is 0 Å². The summed E-state index contributed by atoms with van der Waals surface area (Å²) in [6.07, 6.45) is 0. The molecule has 1 atom stereocenters. The van der Waals surface area contributed by atoms with Crippen molar-refractivity contribution in [2.75, 3.05) is 6.66 Å². The smallest absolute Gasteiger partial charge is 0.255 e. The third-order valence-corrected chi connectivity index (χ3v) is 5.80. The molecule has 0 aliphatic carbocycles. The van der Waals surface area contributed by atoms with E-state index in [0.29, 0.717) is 0 Å². The van der Waals surface area contributed by atoms with Crippen LogP contribution in [0.3, 0.4) is 0 Å². The predicted octanol–water partition coefficient (Wildman–Crippen LogP) is 3.46. The van der Waals surface area contributed by atoms with E-state index >= 15 is 0 Å². The van der Waals surface area contributed by atoms with Gasteiger partial charge in [0, 0.05) is 6.66 Å². The summed E-state index contributed by atoms with van der Waals surface area (Å²) in [6.45, 7) is -1.89. The van der Waals surface area contributed by atoms with Crippen LogP contribution in [0.15, 0.2) is 0 Å². The third kappa shape index (κ3) is 2.80. The van der Waals surface area contributed by atoms with E-state index in [0.717, 1.165) is 0 Å². The van der Waals surface area contributed by atoms with Crippen LogP contribution in [0.2, 0.25) is 0 Å². The molecule has 8 heavy (non-hydrogen) atoms. The van der Waals surface area contributed by atoms with E-state index in [9.17, 15) is 4.57 Å². The minimum Gasteiger partial charge on any atom is -0.302 e. The Balaban J connectivity index is 4.26. The Hall–Kier alpha value is 1.39. The summed E-state index contributed by atoms with van der Waals surface area (Å²) in [5.41, 5.74) is 0. The number of rotatable bonds is 0. The molecule has 6 heteroatoms. The standard InChI is InChI=1S/C2H3Cl4OP/c1-8(6,7)2(3,4)5/h1H3. The zero-order valence-corrected chi connectivity index (χ0v) is 7.79. The third-order valence-electron chi connectivity index (χ3n) is 0.453. The molecule has 0 aromatic rings. The summed E-state index contributed by atoms with van der Waals surface area (Å²) < 4.78 is 8.78. The lowest BCUT2D eigenvalue weighted by Gasteiger charge is -2.12. The van der Waals surface area contributed by atoms with Crippen molar-refractivity contribution in [3.8, 4) is 0 Å². The van der Waals surface area contributed by atoms with Gasteiger partial charge in [0.25, 0.3) is 3.53 Å². The molecular formula is C2H3Cl4OP. The maximum atomic E-state index is 10.6. The molecule has 0 saturated carbocycles. The molecule has 1 nitrogen and oxygen atoms in total. The van der Waals surface area contributed by atoms with Gasteiger partial charge in [0.2, 0.25) is 6.49 Å². The summed E-state index contributed by atoms with van der Waals surface area (Å²) in [7, 11) is 0. The monoisotopic (exact) mass is 214 g/mol. The first-order chi connectivity index (χ1) is 3.25. The first-order valence-electron chi connectivity index (χ1n) is 1.59. The molecule has 0 bridgehead atoms. The second-order valence-corrected chi connectivity index (χ2v) is 8.61. The van der Waals surface area contributed by atoms with Crippen LogP contribution in [0.5, 0.6) is 0 Å². The number of alkyl halides is 3. The molecule has 0 heterocycles. The molecular weight excluding hydrogens is 213 g/mol. The van der Waals surface area contributed by atoms with Gasteiger partial charge in [-0.05, 0) is 11.2 Å². The Bertz CT molecular complexity index is 120. The molecule has 0 aliphatic heterocycles. The molecule has 50 valence electrons. The van der Waals surface area contributed by atoms with Crippen LogP contribution in [0.1, 0.15) is 0 Å². The fourth-order valence-corrected chi connectivity index (χ4v) is 0. The van der Waals surface area contributed by atoms with Crippen LogP contribution in [0, 0.1) is 0 Å². The largest absolute Gasteiger partial charge is 0.302 e. The minimum absolute atomic E-state index is 1.20. The number of hydrogen-bond acceptors (Lipinski definition) is 1. The summed E-state index contributed by atoms with van der Waals surface area (Å²) >= 11 is 20.6. The summed E-state index contributed by atoms with van der Waals surface area (Å²) in [5.74, 6) is 0. The molecule has 0 radical (unpaired) electrons. The van der Waals surface area contributed by atoms with Gasteiger partial charge in [-0.1, -0.05) is 34.8 Å². The Morgan fingerprint density at radius 3 is 1.50 bits per heavy atom. The van der Waals surface area contributed by atoms with Crippen molar-refractivity contribution in [2.45, 2.75) is 3.53 Å². The molecule has 0 spiro atoms. The maximum Gasteiger partial charge on any atom is 0.255 e. The molecule has 0 fully saturated rings. The average Bonchev–Trinajstić information content (AvgIpc) is 1.25. The highest BCUT2D eigenvalue weighted by Gasteiger charge is 2.37. The minimum atomic E-state index is -3.08. The second-order valence-electron chi connectivity index (χ2n) is 1.29. The van der Waals surface area contributed by atoms with Crippen molar-refractivity contribution in [3.63, 3.8) is 0 Å². The van der Waals surface area contributed by atoms with Gasteiger partial charge in [-0.15, -0.1) is 0 Å². The van der Waals surface area contributed by atoms with E-state index in [1.165, 1.54) is 6.66 Å². The molecule has 0 aliphatic rings. The van der Waals surface area contributed by atoms with Crippen molar-refractivity contribution < 1.29 is 4.57 Å². The van der Waals surface area contributed by atoms with Crippen molar-refractivity contribution in [2.24, 2.45) is 0 Å². The SMILES string of the molecule is CP(=O)(Cl)C(Cl)(Cl)Cl. The fraction of sp³-hybridized carbons (Fsp3) is 1.00. The topological polar surface area (TPSA) is 17.1 Å². The van der Waals surface area contributed by atoms with Crippen molar-refractivity contribution >= 4 is 52.5 Å². The Morgan fingerprint density at radius 2 is 1.50 bits per heavy atom. The predicted molar refractivity (Wildman–Crippen MR) is 39.7 cm³/mol. The van der Waals surface area contributed by atoms with Gasteiger partial charge in [0.1, 0.15) is 0 Å². The van der Waals surface area contributed by atoms with Gasteiger partial charge in [-0.2, -0.15) is 0 Å². The lowest BCUT2D eigenvalue weighted by molar-refractivity contribution is 0.588. The van der Waals surface area contributed by atoms with E-state index in [1.54, 1.807) is 0 Å². The maximum absolute atomic E-state index is 10.6. The van der Waals surface area contributed by atoms with Crippen molar-refractivity contribution in [1.82, 2.24) is 0 Å². The quantitative estimate of drug-likeness (QED) is 0.447. The Labute approximate surface area is 67.4 Å². The first kappa shape index (κ1) is 9.39. The van der Waals surface area contributed by atoms with E-state index in [2.05, 4.69) is 0 Å². The number of hydrogen-bond donors (Lipinski definition) is 0. The summed E-state index contributed by atoms with van der Waals surface area (Å²) in [4.78, 5) is 0. The highest BCUT2D eigenvalue weighted by atomic mass is 35.7. The first-order valence-corrected chi connectivity index (χ1v) is 5.78. The number of halogens is 4. The highest BCUT2D eigenvalue weighted by molar-refractivity contribution is 7.93. The normalized spacial score (nSPS) is 20.1. The van der Waals surface area contributed by atoms with Gasteiger partial charge >= 0.3 is 0 Å². The molecule has 0 rings (SSSR count). The van der Waals surface area contributed by atoms with Crippen LogP contribution in [-0.2, 0) is 4.57 Å². The van der Waals surface area contributed by atoms with E-state index in [1.807, 2.05) is 0 Å². The van der Waals surface area contributed by atoms with Crippen LogP contribution >= 0.6 is 52.5 Å². The van der Waals surface area contributed by atoms with Crippen molar-refractivity contribution in [3.05, 3.63) is 0 Å². The lowest BCUT2D eigenvalue weighted by Crippen LogP contribution is -1.96. The Kier molecular flexibility index (Phi) is 3.00. The van der Waals surface area contributed by atoms with Gasteiger partial charge in [0.05, 0.1) is 0 Å². The molecule has 1 unspecified atom stereocenters. The van der Waals surface area contributed by atoms with Gasteiger partial charge in [-0.25, -0.2) is 0 Å². The van der Waals surface area contributed by atoms with Gasteiger partial charge in [0.15, 0.2) is 0 Å². The van der Waals surface area contributed by atoms with E-state index < -0.39 is 10.0 Å². The molecule has 0 saturated heterocycles. The van der Waals surface area contributed by atoms with Gasteiger partial charge in [-0.3, -0.25) is 0 Å². The Morgan fingerprint density at radius 1 is 1.38 bits per heavy atom. The average molecular weight is 216 g/mol. The van der Waals surface area contributed by atoms with E-state index in [-0.39, 0.29) is 0 Å². The summed E-state index contributed by atoms with van der Waals surface area (Å²) in [6, 6.07) is 0. The van der Waals surface area contributed by atoms with E-state index in [4.69, 9.17) is 46.0 Å². The van der Waals surface area contributed by atoms with Crippen molar-refractivity contribution in [1.29, 1.82) is 0 Å². The fourth-order valence-electron chi connectivity index (χ4n) is 0. The molecule has 0 N–H and O–H groups in total. The molecule has 0 amide bonds. The second kappa shape index (κ2) is 2.56. The van der Waals surface area contributed by atoms with Crippen LogP contribution < -0.4 is 0 Å². The molecule has 0 aromatic carbocycles. The lowest BCUT2D eigenvalue weighted by atomic mass is 11.8.